The molecule has 1 amide bonds. The van der Waals surface area contributed by atoms with Gasteiger partial charge < -0.3 is 19.7 Å². The van der Waals surface area contributed by atoms with Crippen molar-refractivity contribution < 1.29 is 14.3 Å². The van der Waals surface area contributed by atoms with Crippen LogP contribution >= 0.6 is 0 Å². The average Bonchev–Trinajstić information content (AvgIpc) is 2.41. The van der Waals surface area contributed by atoms with E-state index in [4.69, 9.17) is 9.47 Å². The molecule has 1 aliphatic heterocycles. The van der Waals surface area contributed by atoms with Crippen molar-refractivity contribution in [3.63, 3.8) is 0 Å². The minimum atomic E-state index is -0.433. The lowest BCUT2D eigenvalue weighted by molar-refractivity contribution is 0.00972. The zero-order chi connectivity index (χ0) is 16.6. The van der Waals surface area contributed by atoms with Crippen molar-refractivity contribution in [2.75, 3.05) is 32.8 Å². The van der Waals surface area contributed by atoms with Gasteiger partial charge in [-0.3, -0.25) is 0 Å². The lowest BCUT2D eigenvalue weighted by atomic mass is 10.0. The Morgan fingerprint density at radius 2 is 2.05 bits per heavy atom. The van der Waals surface area contributed by atoms with Crippen molar-refractivity contribution >= 4 is 6.09 Å². The summed E-state index contributed by atoms with van der Waals surface area (Å²) in [7, 11) is 0. The zero-order valence-corrected chi connectivity index (χ0v) is 15.0. The van der Waals surface area contributed by atoms with Gasteiger partial charge >= 0.3 is 6.09 Å². The lowest BCUT2D eigenvalue weighted by Crippen LogP contribution is -2.50. The molecule has 0 aromatic rings. The first kappa shape index (κ1) is 19.2. The maximum Gasteiger partial charge on any atom is 0.410 e. The third-order valence-corrected chi connectivity index (χ3v) is 3.51. The number of ether oxygens (including phenoxy) is 2. The predicted molar refractivity (Wildman–Crippen MR) is 89.1 cm³/mol. The Hall–Kier alpha value is -0.810. The molecule has 1 rings (SSSR count). The molecule has 1 atom stereocenters. The van der Waals surface area contributed by atoms with Gasteiger partial charge in [0.05, 0.1) is 6.61 Å². The summed E-state index contributed by atoms with van der Waals surface area (Å²) in [6.07, 6.45) is 3.09. The van der Waals surface area contributed by atoms with E-state index in [1.54, 1.807) is 0 Å². The van der Waals surface area contributed by atoms with Crippen LogP contribution in [-0.4, -0.2) is 55.5 Å². The largest absolute Gasteiger partial charge is 0.444 e. The van der Waals surface area contributed by atoms with Crippen molar-refractivity contribution in [2.24, 2.45) is 5.92 Å². The molecule has 1 N–H and O–H groups in total. The van der Waals surface area contributed by atoms with E-state index in [9.17, 15) is 4.79 Å². The molecular weight excluding hydrogens is 280 g/mol. The number of carbonyl (C=O) groups is 1. The number of piperidine rings is 1. The van der Waals surface area contributed by atoms with Crippen LogP contribution in [0.4, 0.5) is 4.79 Å². The Morgan fingerprint density at radius 3 is 2.68 bits per heavy atom. The fourth-order valence-electron chi connectivity index (χ4n) is 2.51. The summed E-state index contributed by atoms with van der Waals surface area (Å²) in [5, 5.41) is 3.40. The Balaban J connectivity index is 2.31. The molecule has 5 heteroatoms. The second-order valence-corrected chi connectivity index (χ2v) is 7.50. The third-order valence-electron chi connectivity index (χ3n) is 3.51. The monoisotopic (exact) mass is 314 g/mol. The van der Waals surface area contributed by atoms with Gasteiger partial charge in [-0.1, -0.05) is 13.8 Å². The summed E-state index contributed by atoms with van der Waals surface area (Å²) < 4.78 is 11.1. The molecule has 22 heavy (non-hydrogen) atoms. The number of carbonyl (C=O) groups excluding carboxylic acids is 1. The number of likely N-dealkylation sites (tertiary alicyclic amines) is 1. The minimum Gasteiger partial charge on any atom is -0.444 e. The lowest BCUT2D eigenvalue weighted by Gasteiger charge is -2.36. The van der Waals surface area contributed by atoms with Crippen LogP contribution in [0.5, 0.6) is 0 Å². The van der Waals surface area contributed by atoms with Gasteiger partial charge in [0.2, 0.25) is 0 Å². The molecule has 0 radical (unpaired) electrons. The quantitative estimate of drug-likeness (QED) is 0.734. The molecule has 1 aliphatic rings. The van der Waals surface area contributed by atoms with Gasteiger partial charge in [-0.2, -0.15) is 0 Å². The fourth-order valence-corrected chi connectivity index (χ4v) is 2.51. The minimum absolute atomic E-state index is 0.185. The smallest absolute Gasteiger partial charge is 0.410 e. The van der Waals surface area contributed by atoms with Crippen LogP contribution in [0.3, 0.4) is 0 Å². The van der Waals surface area contributed by atoms with Crippen molar-refractivity contribution in [1.82, 2.24) is 10.2 Å². The van der Waals surface area contributed by atoms with Crippen molar-refractivity contribution in [1.29, 1.82) is 0 Å². The number of amides is 1. The molecule has 1 fully saturated rings. The van der Waals surface area contributed by atoms with E-state index in [0.717, 1.165) is 45.7 Å². The Labute approximate surface area is 135 Å². The summed E-state index contributed by atoms with van der Waals surface area (Å²) in [5.41, 5.74) is -0.433. The topological polar surface area (TPSA) is 50.8 Å². The van der Waals surface area contributed by atoms with Crippen LogP contribution in [0.2, 0.25) is 0 Å². The Bertz CT molecular complexity index is 326. The molecule has 0 aromatic carbocycles. The normalized spacial score (nSPS) is 19.5. The number of rotatable bonds is 7. The molecule has 0 aromatic heterocycles. The first-order valence-corrected chi connectivity index (χ1v) is 8.57. The van der Waals surface area contributed by atoms with Gasteiger partial charge in [0.1, 0.15) is 5.60 Å². The summed E-state index contributed by atoms with van der Waals surface area (Å²) >= 11 is 0. The van der Waals surface area contributed by atoms with E-state index in [1.807, 2.05) is 25.7 Å². The van der Waals surface area contributed by atoms with Crippen LogP contribution < -0.4 is 5.32 Å². The van der Waals surface area contributed by atoms with Crippen LogP contribution in [0.15, 0.2) is 0 Å². The maximum atomic E-state index is 12.3. The van der Waals surface area contributed by atoms with E-state index in [2.05, 4.69) is 19.2 Å². The van der Waals surface area contributed by atoms with Gasteiger partial charge in [-0.05, 0) is 46.0 Å². The summed E-state index contributed by atoms with van der Waals surface area (Å²) in [6.45, 7) is 14.0. The van der Waals surface area contributed by atoms with Crippen LogP contribution in [0.1, 0.15) is 53.9 Å². The number of hydrogen-bond donors (Lipinski definition) is 1. The number of hydrogen-bond acceptors (Lipinski definition) is 4. The molecular formula is C17H34N2O3. The molecule has 1 heterocycles. The summed E-state index contributed by atoms with van der Waals surface area (Å²) in [4.78, 5) is 14.2. The SMILES string of the molecule is CC(C)COCCNCC1CCCCN1C(=O)OC(C)(C)C. The first-order chi connectivity index (χ1) is 10.3. The molecule has 5 nitrogen and oxygen atoms in total. The van der Waals surface area contributed by atoms with E-state index in [-0.39, 0.29) is 12.1 Å². The highest BCUT2D eigenvalue weighted by Gasteiger charge is 2.29. The molecule has 0 bridgehead atoms. The third kappa shape index (κ3) is 7.99. The van der Waals surface area contributed by atoms with Gasteiger partial charge in [0.25, 0.3) is 0 Å². The van der Waals surface area contributed by atoms with Crippen LogP contribution in [-0.2, 0) is 9.47 Å². The van der Waals surface area contributed by atoms with Crippen molar-refractivity contribution in [2.45, 2.75) is 65.5 Å². The standard InChI is InChI=1S/C17H34N2O3/c1-14(2)13-21-11-9-18-12-15-8-6-7-10-19(15)16(20)22-17(3,4)5/h14-15,18H,6-13H2,1-5H3. The van der Waals surface area contributed by atoms with Gasteiger partial charge in [0, 0.05) is 32.3 Å². The Kier molecular flexibility index (Phi) is 8.18. The van der Waals surface area contributed by atoms with E-state index < -0.39 is 5.60 Å². The molecule has 0 saturated carbocycles. The van der Waals surface area contributed by atoms with E-state index in [1.165, 1.54) is 6.42 Å². The molecule has 1 unspecified atom stereocenters. The number of nitrogens with zero attached hydrogens (tertiary/aromatic N) is 1. The molecule has 0 spiro atoms. The molecule has 1 saturated heterocycles. The van der Waals surface area contributed by atoms with Gasteiger partial charge in [-0.25, -0.2) is 4.79 Å². The van der Waals surface area contributed by atoms with Crippen molar-refractivity contribution in [3.8, 4) is 0 Å². The second kappa shape index (κ2) is 9.36. The fraction of sp³-hybridized carbons (Fsp3) is 0.941. The summed E-state index contributed by atoms with van der Waals surface area (Å²) in [5.74, 6) is 0.570. The number of nitrogens with one attached hydrogen (secondary N) is 1. The van der Waals surface area contributed by atoms with Crippen LogP contribution in [0.25, 0.3) is 0 Å². The maximum absolute atomic E-state index is 12.3. The average molecular weight is 314 g/mol. The zero-order valence-electron chi connectivity index (χ0n) is 15.0. The highest BCUT2D eigenvalue weighted by atomic mass is 16.6. The second-order valence-electron chi connectivity index (χ2n) is 7.50. The highest BCUT2D eigenvalue weighted by molar-refractivity contribution is 5.68. The summed E-state index contributed by atoms with van der Waals surface area (Å²) in [6, 6.07) is 0.230. The molecule has 130 valence electrons. The van der Waals surface area contributed by atoms with E-state index >= 15 is 0 Å². The van der Waals surface area contributed by atoms with Gasteiger partial charge in [-0.15, -0.1) is 0 Å². The van der Waals surface area contributed by atoms with Crippen molar-refractivity contribution in [3.05, 3.63) is 0 Å². The van der Waals surface area contributed by atoms with E-state index in [0.29, 0.717) is 5.92 Å². The van der Waals surface area contributed by atoms with Crippen LogP contribution in [0, 0.1) is 5.92 Å². The predicted octanol–water partition coefficient (Wildman–Crippen LogP) is 3.04. The van der Waals surface area contributed by atoms with Gasteiger partial charge in [0.15, 0.2) is 0 Å². The highest BCUT2D eigenvalue weighted by Crippen LogP contribution is 2.19. The molecule has 0 aliphatic carbocycles. The first-order valence-electron chi connectivity index (χ1n) is 8.57. The Morgan fingerprint density at radius 1 is 1.32 bits per heavy atom.